The first-order chi connectivity index (χ1) is 5.79. The van der Waals surface area contributed by atoms with Crippen molar-refractivity contribution < 1.29 is 4.74 Å². The van der Waals surface area contributed by atoms with Crippen molar-refractivity contribution in [3.05, 3.63) is 29.8 Å². The molecule has 1 aromatic rings. The van der Waals surface area contributed by atoms with Gasteiger partial charge in [-0.3, -0.25) is 0 Å². The smallest absolute Gasteiger partial charge is 0.123 e. The number of hydrogen-bond donors (Lipinski definition) is 1. The largest absolute Gasteiger partial charge is 0.493 e. The van der Waals surface area contributed by atoms with Gasteiger partial charge in [-0.1, -0.05) is 25.1 Å². The maximum atomic E-state index is 5.56. The molecule has 0 radical (unpaired) electrons. The fraction of sp³-hybridized carbons (Fsp3) is 0.400. The lowest BCUT2D eigenvalue weighted by Crippen LogP contribution is -2.20. The van der Waals surface area contributed by atoms with Crippen molar-refractivity contribution in [2.75, 3.05) is 6.61 Å². The van der Waals surface area contributed by atoms with Crippen molar-refractivity contribution >= 4 is 12.6 Å². The van der Waals surface area contributed by atoms with Crippen LogP contribution in [0.25, 0.3) is 0 Å². The van der Waals surface area contributed by atoms with Gasteiger partial charge in [0.15, 0.2) is 0 Å². The summed E-state index contributed by atoms with van der Waals surface area (Å²) in [4.78, 5) is 0. The second-order valence-corrected chi connectivity index (χ2v) is 3.83. The third kappa shape index (κ3) is 1.20. The predicted octanol–water partition coefficient (Wildman–Crippen LogP) is 2.69. The lowest BCUT2D eigenvalue weighted by molar-refractivity contribution is 0.231. The van der Waals surface area contributed by atoms with Gasteiger partial charge in [0, 0.05) is 16.7 Å². The van der Waals surface area contributed by atoms with Crippen LogP contribution in [0.5, 0.6) is 5.75 Å². The Bertz CT molecular complexity index is 285. The Balaban J connectivity index is 2.42. The predicted molar refractivity (Wildman–Crippen MR) is 52.8 cm³/mol. The van der Waals surface area contributed by atoms with Crippen molar-refractivity contribution in [3.8, 4) is 5.75 Å². The summed E-state index contributed by atoms with van der Waals surface area (Å²) in [5.74, 6) is 1.50. The second-order valence-electron chi connectivity index (χ2n) is 3.27. The minimum atomic E-state index is 0.329. The molecule has 2 rings (SSSR count). The molecule has 1 aliphatic rings. The van der Waals surface area contributed by atoms with Gasteiger partial charge in [0.2, 0.25) is 0 Å². The van der Waals surface area contributed by atoms with Gasteiger partial charge in [-0.15, -0.1) is 0 Å². The van der Waals surface area contributed by atoms with E-state index < -0.39 is 0 Å². The van der Waals surface area contributed by atoms with Gasteiger partial charge >= 0.3 is 0 Å². The topological polar surface area (TPSA) is 9.23 Å². The first-order valence-electron chi connectivity index (χ1n) is 4.19. The number of thiol groups is 1. The molecule has 1 aliphatic heterocycles. The quantitative estimate of drug-likeness (QED) is 0.604. The van der Waals surface area contributed by atoms with Gasteiger partial charge in [0.1, 0.15) is 5.75 Å². The van der Waals surface area contributed by atoms with Crippen LogP contribution in [-0.2, 0) is 0 Å². The Morgan fingerprint density at radius 3 is 3.00 bits per heavy atom. The zero-order valence-electron chi connectivity index (χ0n) is 7.03. The monoisotopic (exact) mass is 180 g/mol. The summed E-state index contributed by atoms with van der Waals surface area (Å²) in [7, 11) is 0. The maximum Gasteiger partial charge on any atom is 0.123 e. The van der Waals surface area contributed by atoms with Gasteiger partial charge in [-0.25, -0.2) is 0 Å². The van der Waals surface area contributed by atoms with Crippen LogP contribution in [0.15, 0.2) is 24.3 Å². The van der Waals surface area contributed by atoms with E-state index in [0.29, 0.717) is 11.2 Å². The second kappa shape index (κ2) is 3.02. The normalized spacial score (nSPS) is 27.5. The van der Waals surface area contributed by atoms with Crippen molar-refractivity contribution in [2.24, 2.45) is 5.92 Å². The van der Waals surface area contributed by atoms with Crippen LogP contribution in [0.1, 0.15) is 17.7 Å². The number of hydrogen-bond acceptors (Lipinski definition) is 2. The Morgan fingerprint density at radius 1 is 1.42 bits per heavy atom. The molecule has 2 atom stereocenters. The summed E-state index contributed by atoms with van der Waals surface area (Å²) in [6.45, 7) is 2.94. The molecular formula is C10H12OS. The highest BCUT2D eigenvalue weighted by atomic mass is 32.1. The Morgan fingerprint density at radius 2 is 2.17 bits per heavy atom. The van der Waals surface area contributed by atoms with E-state index in [-0.39, 0.29) is 0 Å². The van der Waals surface area contributed by atoms with E-state index in [4.69, 9.17) is 4.74 Å². The highest BCUT2D eigenvalue weighted by molar-refractivity contribution is 7.80. The number of benzene rings is 1. The van der Waals surface area contributed by atoms with Gasteiger partial charge in [-0.2, -0.15) is 12.6 Å². The molecule has 0 amide bonds. The summed E-state index contributed by atoms with van der Waals surface area (Å²) >= 11 is 4.56. The zero-order chi connectivity index (χ0) is 8.55. The molecule has 64 valence electrons. The van der Waals surface area contributed by atoms with Crippen molar-refractivity contribution in [2.45, 2.75) is 12.2 Å². The molecule has 1 heterocycles. The number of rotatable bonds is 0. The number of para-hydroxylation sites is 1. The van der Waals surface area contributed by atoms with Gasteiger partial charge in [0.25, 0.3) is 0 Å². The molecule has 0 bridgehead atoms. The van der Waals surface area contributed by atoms with Gasteiger partial charge in [-0.05, 0) is 6.07 Å². The zero-order valence-corrected chi connectivity index (χ0v) is 7.92. The molecule has 0 N–H and O–H groups in total. The molecule has 2 unspecified atom stereocenters. The summed E-state index contributed by atoms with van der Waals surface area (Å²) in [6, 6.07) is 8.12. The van der Waals surface area contributed by atoms with E-state index in [0.717, 1.165) is 12.4 Å². The Kier molecular flexibility index (Phi) is 2.01. The van der Waals surface area contributed by atoms with Crippen molar-refractivity contribution in [3.63, 3.8) is 0 Å². The Hall–Kier alpha value is -0.630. The maximum absolute atomic E-state index is 5.56. The fourth-order valence-corrected chi connectivity index (χ4v) is 1.77. The van der Waals surface area contributed by atoms with E-state index >= 15 is 0 Å². The minimum Gasteiger partial charge on any atom is -0.493 e. The molecule has 12 heavy (non-hydrogen) atoms. The molecule has 0 saturated carbocycles. The van der Waals surface area contributed by atoms with Crippen LogP contribution in [0.3, 0.4) is 0 Å². The highest BCUT2D eigenvalue weighted by Crippen LogP contribution is 2.38. The SMILES string of the molecule is CC1COc2ccccc2C1S. The van der Waals surface area contributed by atoms with Gasteiger partial charge < -0.3 is 4.74 Å². The average Bonchev–Trinajstić information content (AvgIpc) is 2.12. The third-order valence-corrected chi connectivity index (χ3v) is 3.07. The number of ether oxygens (including phenoxy) is 1. The van der Waals surface area contributed by atoms with Crippen LogP contribution >= 0.6 is 12.6 Å². The molecule has 2 heteroatoms. The van der Waals surface area contributed by atoms with E-state index in [9.17, 15) is 0 Å². The van der Waals surface area contributed by atoms with E-state index in [2.05, 4.69) is 25.6 Å². The van der Waals surface area contributed by atoms with E-state index in [1.807, 2.05) is 18.2 Å². The summed E-state index contributed by atoms with van der Waals surface area (Å²) in [5, 5.41) is 0.329. The van der Waals surface area contributed by atoms with E-state index in [1.165, 1.54) is 5.56 Å². The van der Waals surface area contributed by atoms with Crippen LogP contribution < -0.4 is 4.74 Å². The molecular weight excluding hydrogens is 168 g/mol. The summed E-state index contributed by atoms with van der Waals surface area (Å²) in [5.41, 5.74) is 1.22. The fourth-order valence-electron chi connectivity index (χ4n) is 1.48. The van der Waals surface area contributed by atoms with Crippen LogP contribution in [0.2, 0.25) is 0 Å². The van der Waals surface area contributed by atoms with Gasteiger partial charge in [0.05, 0.1) is 6.61 Å². The standard InChI is InChI=1S/C10H12OS/c1-7-6-11-9-5-3-2-4-8(9)10(7)12/h2-5,7,10,12H,6H2,1H3. The molecule has 1 aromatic carbocycles. The summed E-state index contributed by atoms with van der Waals surface area (Å²) in [6.07, 6.45) is 0. The summed E-state index contributed by atoms with van der Waals surface area (Å²) < 4.78 is 5.56. The Labute approximate surface area is 78.2 Å². The lowest BCUT2D eigenvalue weighted by atomic mass is 9.98. The van der Waals surface area contributed by atoms with E-state index in [1.54, 1.807) is 0 Å². The van der Waals surface area contributed by atoms with Crippen molar-refractivity contribution in [1.82, 2.24) is 0 Å². The molecule has 1 nitrogen and oxygen atoms in total. The number of fused-ring (bicyclic) bond motifs is 1. The van der Waals surface area contributed by atoms with Crippen LogP contribution in [0.4, 0.5) is 0 Å². The molecule has 0 aliphatic carbocycles. The minimum absolute atomic E-state index is 0.329. The molecule has 0 saturated heterocycles. The van der Waals surface area contributed by atoms with Crippen LogP contribution in [-0.4, -0.2) is 6.61 Å². The average molecular weight is 180 g/mol. The van der Waals surface area contributed by atoms with Crippen molar-refractivity contribution in [1.29, 1.82) is 0 Å². The first-order valence-corrected chi connectivity index (χ1v) is 4.70. The van der Waals surface area contributed by atoms with Crippen LogP contribution in [0, 0.1) is 5.92 Å². The highest BCUT2D eigenvalue weighted by Gasteiger charge is 2.23. The lowest BCUT2D eigenvalue weighted by Gasteiger charge is -2.27. The molecule has 0 fully saturated rings. The molecule has 0 spiro atoms. The molecule has 0 aromatic heterocycles. The first kappa shape index (κ1) is 7.99. The third-order valence-electron chi connectivity index (χ3n) is 2.28.